The van der Waals surface area contributed by atoms with E-state index in [1.165, 1.54) is 25.7 Å². The van der Waals surface area contributed by atoms with Crippen LogP contribution >= 0.6 is 11.8 Å². The van der Waals surface area contributed by atoms with Crippen LogP contribution in [0.2, 0.25) is 0 Å². The van der Waals surface area contributed by atoms with Crippen molar-refractivity contribution in [3.63, 3.8) is 0 Å². The van der Waals surface area contributed by atoms with Crippen molar-refractivity contribution < 1.29 is 0 Å². The van der Waals surface area contributed by atoms with Crippen LogP contribution in [-0.2, 0) is 0 Å². The third-order valence-corrected chi connectivity index (χ3v) is 4.55. The number of aromatic nitrogens is 2. The normalized spacial score (nSPS) is 23.7. The largest absolute Gasteiger partial charge is 0.366 e. The Hall–Kier alpha value is -0.970. The van der Waals surface area contributed by atoms with Crippen molar-refractivity contribution in [1.82, 2.24) is 9.97 Å². The lowest BCUT2D eigenvalue weighted by molar-refractivity contribution is 0.474. The lowest BCUT2D eigenvalue weighted by atomic mass is 9.95. The van der Waals surface area contributed by atoms with Gasteiger partial charge in [-0.3, -0.25) is 0 Å². The van der Waals surface area contributed by atoms with Gasteiger partial charge in [-0.2, -0.15) is 16.7 Å². The molecule has 1 aliphatic carbocycles. The quantitative estimate of drug-likeness (QED) is 0.907. The Bertz CT molecular complexity index is 383. The van der Waals surface area contributed by atoms with E-state index in [4.69, 9.17) is 0 Å². The van der Waals surface area contributed by atoms with Gasteiger partial charge in [0.1, 0.15) is 5.82 Å². The van der Waals surface area contributed by atoms with E-state index in [2.05, 4.69) is 21.5 Å². The molecule has 100 valence electrons. The van der Waals surface area contributed by atoms with Crippen molar-refractivity contribution in [3.8, 4) is 0 Å². The highest BCUT2D eigenvalue weighted by atomic mass is 32.2. The van der Waals surface area contributed by atoms with Crippen LogP contribution < -0.4 is 10.2 Å². The Morgan fingerprint density at radius 1 is 1.33 bits per heavy atom. The van der Waals surface area contributed by atoms with Crippen molar-refractivity contribution in [2.75, 3.05) is 30.6 Å². The van der Waals surface area contributed by atoms with Gasteiger partial charge < -0.3 is 10.2 Å². The van der Waals surface area contributed by atoms with E-state index in [1.54, 1.807) is 0 Å². The molecule has 2 atom stereocenters. The Morgan fingerprint density at radius 3 is 2.83 bits per heavy atom. The fourth-order valence-corrected chi connectivity index (χ4v) is 3.31. The topological polar surface area (TPSA) is 41.1 Å². The summed E-state index contributed by atoms with van der Waals surface area (Å²) in [4.78, 5) is 10.7. The average Bonchev–Trinajstić information content (AvgIpc) is 2.39. The molecule has 2 unspecified atom stereocenters. The van der Waals surface area contributed by atoms with Crippen LogP contribution in [0.25, 0.3) is 0 Å². The molecule has 0 spiro atoms. The highest BCUT2D eigenvalue weighted by molar-refractivity contribution is 7.99. The highest BCUT2D eigenvalue weighted by Crippen LogP contribution is 2.29. The summed E-state index contributed by atoms with van der Waals surface area (Å²) < 4.78 is 0. The molecule has 2 rings (SSSR count). The van der Waals surface area contributed by atoms with Gasteiger partial charge in [-0.15, -0.1) is 0 Å². The van der Waals surface area contributed by atoms with E-state index in [1.807, 2.05) is 43.0 Å². The zero-order valence-corrected chi connectivity index (χ0v) is 12.2. The van der Waals surface area contributed by atoms with Crippen LogP contribution in [0.1, 0.15) is 25.7 Å². The Kier molecular flexibility index (Phi) is 4.69. The number of nitrogens with zero attached hydrogens (tertiary/aromatic N) is 3. The summed E-state index contributed by atoms with van der Waals surface area (Å²) >= 11 is 1.97. The third kappa shape index (κ3) is 3.28. The van der Waals surface area contributed by atoms with Gasteiger partial charge in [0.25, 0.3) is 0 Å². The molecule has 0 bridgehead atoms. The zero-order chi connectivity index (χ0) is 13.0. The van der Waals surface area contributed by atoms with E-state index in [9.17, 15) is 0 Å². The second-order valence-corrected chi connectivity index (χ2v) is 6.02. The first kappa shape index (κ1) is 13.5. The summed E-state index contributed by atoms with van der Waals surface area (Å²) in [7, 11) is 3.93. The standard InChI is InChI=1S/C13H22N4S/c1-17(2)13-14-9-8-12(16-13)15-10-6-4-5-7-11(10)18-3/h8-11H,4-7H2,1-3H3,(H,14,15,16). The lowest BCUT2D eigenvalue weighted by Gasteiger charge is -2.31. The van der Waals surface area contributed by atoms with Crippen LogP contribution in [0, 0.1) is 0 Å². The van der Waals surface area contributed by atoms with E-state index in [0.29, 0.717) is 11.3 Å². The number of thioether (sulfide) groups is 1. The molecule has 1 aromatic heterocycles. The van der Waals surface area contributed by atoms with Gasteiger partial charge in [0.2, 0.25) is 5.95 Å². The van der Waals surface area contributed by atoms with Crippen molar-refractivity contribution in [1.29, 1.82) is 0 Å². The summed E-state index contributed by atoms with van der Waals surface area (Å²) in [6.07, 6.45) is 9.26. The molecule has 0 saturated heterocycles. The molecule has 1 fully saturated rings. The maximum absolute atomic E-state index is 4.53. The zero-order valence-electron chi connectivity index (χ0n) is 11.4. The Morgan fingerprint density at radius 2 is 2.11 bits per heavy atom. The maximum Gasteiger partial charge on any atom is 0.226 e. The number of rotatable bonds is 4. The van der Waals surface area contributed by atoms with E-state index in [-0.39, 0.29) is 0 Å². The third-order valence-electron chi connectivity index (χ3n) is 3.38. The van der Waals surface area contributed by atoms with E-state index in [0.717, 1.165) is 11.8 Å². The smallest absolute Gasteiger partial charge is 0.226 e. The summed E-state index contributed by atoms with van der Waals surface area (Å²) in [6, 6.07) is 2.50. The van der Waals surface area contributed by atoms with Gasteiger partial charge in [0, 0.05) is 31.6 Å². The monoisotopic (exact) mass is 266 g/mol. The molecule has 1 N–H and O–H groups in total. The second kappa shape index (κ2) is 6.27. The Balaban J connectivity index is 2.05. The van der Waals surface area contributed by atoms with Crippen molar-refractivity contribution >= 4 is 23.5 Å². The number of anilines is 2. The van der Waals surface area contributed by atoms with Crippen molar-refractivity contribution in [3.05, 3.63) is 12.3 Å². The number of hydrogen-bond acceptors (Lipinski definition) is 5. The minimum Gasteiger partial charge on any atom is -0.366 e. The fraction of sp³-hybridized carbons (Fsp3) is 0.692. The minimum absolute atomic E-state index is 0.540. The van der Waals surface area contributed by atoms with Gasteiger partial charge in [0.15, 0.2) is 0 Å². The molecule has 1 aliphatic rings. The van der Waals surface area contributed by atoms with Gasteiger partial charge >= 0.3 is 0 Å². The molecule has 18 heavy (non-hydrogen) atoms. The van der Waals surface area contributed by atoms with Crippen molar-refractivity contribution in [2.45, 2.75) is 37.0 Å². The molecule has 4 nitrogen and oxygen atoms in total. The van der Waals surface area contributed by atoms with Gasteiger partial charge in [-0.25, -0.2) is 4.98 Å². The lowest BCUT2D eigenvalue weighted by Crippen LogP contribution is -2.34. The van der Waals surface area contributed by atoms with Crippen LogP contribution in [0.5, 0.6) is 0 Å². The van der Waals surface area contributed by atoms with Crippen LogP contribution in [0.3, 0.4) is 0 Å². The highest BCUT2D eigenvalue weighted by Gasteiger charge is 2.24. The summed E-state index contributed by atoms with van der Waals surface area (Å²) in [5.41, 5.74) is 0. The first-order valence-corrected chi connectivity index (χ1v) is 7.79. The molecule has 1 saturated carbocycles. The first-order chi connectivity index (χ1) is 8.70. The molecule has 1 aromatic rings. The van der Waals surface area contributed by atoms with E-state index >= 15 is 0 Å². The van der Waals surface area contributed by atoms with E-state index < -0.39 is 0 Å². The SMILES string of the molecule is CSC1CCCCC1Nc1ccnc(N(C)C)n1. The summed E-state index contributed by atoms with van der Waals surface area (Å²) in [5, 5.41) is 4.28. The predicted octanol–water partition coefficient (Wildman–Crippen LogP) is 2.63. The minimum atomic E-state index is 0.540. The summed E-state index contributed by atoms with van der Waals surface area (Å²) in [5.74, 6) is 1.70. The molecule has 0 aliphatic heterocycles. The molecular weight excluding hydrogens is 244 g/mol. The number of nitrogens with one attached hydrogen (secondary N) is 1. The van der Waals surface area contributed by atoms with Gasteiger partial charge in [-0.1, -0.05) is 12.8 Å². The molecule has 0 aromatic carbocycles. The van der Waals surface area contributed by atoms with Crippen LogP contribution in [0.15, 0.2) is 12.3 Å². The predicted molar refractivity (Wildman–Crippen MR) is 79.5 cm³/mol. The molecule has 0 radical (unpaired) electrons. The molecular formula is C13H22N4S. The van der Waals surface area contributed by atoms with Crippen molar-refractivity contribution in [2.24, 2.45) is 0 Å². The number of hydrogen-bond donors (Lipinski definition) is 1. The van der Waals surface area contributed by atoms with Crippen LogP contribution in [-0.4, -0.2) is 41.6 Å². The Labute approximate surface area is 114 Å². The molecule has 5 heteroatoms. The molecule has 0 amide bonds. The van der Waals surface area contributed by atoms with Gasteiger partial charge in [-0.05, 0) is 25.2 Å². The fourth-order valence-electron chi connectivity index (χ4n) is 2.38. The summed E-state index contributed by atoms with van der Waals surface area (Å²) in [6.45, 7) is 0. The molecule has 1 heterocycles. The second-order valence-electron chi connectivity index (χ2n) is 4.95. The average molecular weight is 266 g/mol. The maximum atomic E-state index is 4.53. The van der Waals surface area contributed by atoms with Gasteiger partial charge in [0.05, 0.1) is 0 Å². The van der Waals surface area contributed by atoms with Crippen LogP contribution in [0.4, 0.5) is 11.8 Å². The first-order valence-electron chi connectivity index (χ1n) is 6.50.